The third kappa shape index (κ3) is 1.80. The topological polar surface area (TPSA) is 71.5 Å². The first-order valence-electron chi connectivity index (χ1n) is 6.33. The van der Waals surface area contributed by atoms with Crippen LogP contribution in [0.1, 0.15) is 16.8 Å². The van der Waals surface area contributed by atoms with Crippen molar-refractivity contribution in [1.82, 2.24) is 4.98 Å². The first kappa shape index (κ1) is 13.5. The van der Waals surface area contributed by atoms with Crippen molar-refractivity contribution in [3.63, 3.8) is 0 Å². The number of hydrogen-bond acceptors (Lipinski definition) is 4. The van der Waals surface area contributed by atoms with Crippen molar-refractivity contribution in [2.24, 2.45) is 0 Å². The number of aliphatic hydroxyl groups is 1. The van der Waals surface area contributed by atoms with E-state index in [0.29, 0.717) is 16.9 Å². The Labute approximate surface area is 120 Å². The smallest absolute Gasteiger partial charge is 0.265 e. The zero-order valence-electron chi connectivity index (χ0n) is 11.5. The second-order valence-corrected chi connectivity index (χ2v) is 4.84. The zero-order valence-corrected chi connectivity index (χ0v) is 11.5. The van der Waals surface area contributed by atoms with Gasteiger partial charge in [0.1, 0.15) is 0 Å². The van der Waals surface area contributed by atoms with Gasteiger partial charge >= 0.3 is 0 Å². The van der Waals surface area contributed by atoms with Crippen molar-refractivity contribution in [1.29, 1.82) is 0 Å². The molecule has 1 amide bonds. The van der Waals surface area contributed by atoms with Crippen LogP contribution >= 0.6 is 0 Å². The summed E-state index contributed by atoms with van der Waals surface area (Å²) < 4.78 is 19.4. The van der Waals surface area contributed by atoms with E-state index in [1.807, 2.05) is 0 Å². The van der Waals surface area contributed by atoms with E-state index in [4.69, 9.17) is 4.74 Å². The fraction of sp³-hybridized carbons (Fsp3) is 0.200. The molecule has 2 N–H and O–H groups in total. The molecule has 1 atom stereocenters. The van der Waals surface area contributed by atoms with Crippen LogP contribution in [-0.4, -0.2) is 23.1 Å². The first-order chi connectivity index (χ1) is 9.98. The van der Waals surface area contributed by atoms with Crippen LogP contribution in [0.4, 0.5) is 10.1 Å². The highest BCUT2D eigenvalue weighted by atomic mass is 19.1. The van der Waals surface area contributed by atoms with Crippen LogP contribution in [0.15, 0.2) is 30.3 Å². The molecule has 5 nitrogen and oxygen atoms in total. The molecule has 3 rings (SSSR count). The summed E-state index contributed by atoms with van der Waals surface area (Å²) in [7, 11) is 1.28. The van der Waals surface area contributed by atoms with Gasteiger partial charge in [-0.1, -0.05) is 18.2 Å². The van der Waals surface area contributed by atoms with Crippen LogP contribution in [0.2, 0.25) is 0 Å². The highest BCUT2D eigenvalue weighted by Gasteiger charge is 2.49. The molecular formula is C15H13FN2O3. The Morgan fingerprint density at radius 2 is 2.05 bits per heavy atom. The number of nitrogens with zero attached hydrogens (tertiary/aromatic N) is 1. The molecule has 0 fully saturated rings. The number of para-hydroxylation sites is 1. The van der Waals surface area contributed by atoms with Crippen molar-refractivity contribution in [3.8, 4) is 5.88 Å². The number of carbonyl (C=O) groups is 1. The van der Waals surface area contributed by atoms with Crippen LogP contribution in [0, 0.1) is 12.7 Å². The van der Waals surface area contributed by atoms with E-state index in [-0.39, 0.29) is 11.4 Å². The molecule has 0 aliphatic carbocycles. The van der Waals surface area contributed by atoms with Gasteiger partial charge in [-0.25, -0.2) is 9.37 Å². The molecule has 0 saturated heterocycles. The predicted octanol–water partition coefficient (Wildman–Crippen LogP) is 1.73. The molecule has 1 aromatic carbocycles. The summed E-state index contributed by atoms with van der Waals surface area (Å²) in [6.45, 7) is 1.63. The Balaban J connectivity index is 2.29. The van der Waals surface area contributed by atoms with Gasteiger partial charge in [0.2, 0.25) is 0 Å². The van der Waals surface area contributed by atoms with Crippen molar-refractivity contribution in [3.05, 3.63) is 53.0 Å². The minimum atomic E-state index is -2.10. The third-order valence-corrected chi connectivity index (χ3v) is 3.53. The monoisotopic (exact) mass is 288 g/mol. The summed E-state index contributed by atoms with van der Waals surface area (Å²) in [5, 5.41) is 13.4. The quantitative estimate of drug-likeness (QED) is 0.882. The van der Waals surface area contributed by atoms with Crippen LogP contribution in [0.3, 0.4) is 0 Å². The van der Waals surface area contributed by atoms with Gasteiger partial charge < -0.3 is 15.2 Å². The normalized spacial score (nSPS) is 20.1. The first-order valence-corrected chi connectivity index (χ1v) is 6.33. The van der Waals surface area contributed by atoms with Crippen molar-refractivity contribution in [2.75, 3.05) is 12.4 Å². The molecule has 0 bridgehead atoms. The van der Waals surface area contributed by atoms with Gasteiger partial charge in [0.05, 0.1) is 7.11 Å². The number of aryl methyl sites for hydroxylation is 1. The van der Waals surface area contributed by atoms with E-state index in [9.17, 15) is 14.3 Å². The van der Waals surface area contributed by atoms with Gasteiger partial charge in [-0.15, -0.1) is 0 Å². The number of ether oxygens (including phenoxy) is 1. The van der Waals surface area contributed by atoms with E-state index in [1.54, 1.807) is 31.2 Å². The Morgan fingerprint density at radius 3 is 2.76 bits per heavy atom. The van der Waals surface area contributed by atoms with E-state index in [2.05, 4.69) is 10.3 Å². The molecule has 0 saturated carbocycles. The number of benzene rings is 1. The minimum Gasteiger partial charge on any atom is -0.479 e. The van der Waals surface area contributed by atoms with Gasteiger partial charge in [-0.2, -0.15) is 0 Å². The summed E-state index contributed by atoms with van der Waals surface area (Å²) in [5.74, 6) is -1.80. The maximum absolute atomic E-state index is 14.5. The Morgan fingerprint density at radius 1 is 1.33 bits per heavy atom. The number of carbonyl (C=O) groups excluding carboxylic acids is 1. The predicted molar refractivity (Wildman–Crippen MR) is 73.6 cm³/mol. The maximum Gasteiger partial charge on any atom is 0.265 e. The standard InChI is InChI=1S/C15H13FN2O3/c1-8-7-10(12(16)13(17-8)21-2)15(20)9-5-3-4-6-11(9)18-14(15)19/h3-7,20H,1-2H3,(H,18,19). The molecule has 108 valence electrons. The lowest BCUT2D eigenvalue weighted by atomic mass is 9.87. The van der Waals surface area contributed by atoms with Crippen LogP contribution in [0.5, 0.6) is 5.88 Å². The summed E-state index contributed by atoms with van der Waals surface area (Å²) in [6, 6.07) is 7.97. The molecule has 1 aliphatic rings. The molecule has 1 aliphatic heterocycles. The number of methoxy groups -OCH3 is 1. The minimum absolute atomic E-state index is 0.172. The number of rotatable bonds is 2. The average Bonchev–Trinajstić information content (AvgIpc) is 2.74. The molecule has 2 heterocycles. The van der Waals surface area contributed by atoms with Gasteiger partial charge in [0, 0.05) is 22.5 Å². The zero-order chi connectivity index (χ0) is 15.2. The van der Waals surface area contributed by atoms with Crippen LogP contribution in [0.25, 0.3) is 0 Å². The van der Waals surface area contributed by atoms with Crippen LogP contribution < -0.4 is 10.1 Å². The lowest BCUT2D eigenvalue weighted by molar-refractivity contribution is -0.129. The fourth-order valence-electron chi connectivity index (χ4n) is 2.54. The molecule has 1 aromatic heterocycles. The molecule has 21 heavy (non-hydrogen) atoms. The number of pyridine rings is 1. The third-order valence-electron chi connectivity index (χ3n) is 3.53. The second kappa shape index (κ2) is 4.53. The summed E-state index contributed by atoms with van der Waals surface area (Å²) in [4.78, 5) is 16.1. The van der Waals surface area contributed by atoms with E-state index < -0.39 is 17.3 Å². The number of hydrogen-bond donors (Lipinski definition) is 2. The molecule has 2 aromatic rings. The van der Waals surface area contributed by atoms with Gasteiger partial charge in [-0.3, -0.25) is 4.79 Å². The SMILES string of the molecule is COc1nc(C)cc(C2(O)C(=O)Nc3ccccc32)c1F. The largest absolute Gasteiger partial charge is 0.479 e. The van der Waals surface area contributed by atoms with Gasteiger partial charge in [-0.05, 0) is 19.1 Å². The summed E-state index contributed by atoms with van der Waals surface area (Å²) in [6.07, 6.45) is 0. The number of nitrogens with one attached hydrogen (secondary N) is 1. The van der Waals surface area contributed by atoms with E-state index in [1.165, 1.54) is 13.2 Å². The molecule has 0 radical (unpaired) electrons. The van der Waals surface area contributed by atoms with Crippen molar-refractivity contribution < 1.29 is 19.0 Å². The second-order valence-electron chi connectivity index (χ2n) is 4.84. The summed E-state index contributed by atoms with van der Waals surface area (Å²) in [5.41, 5.74) is -1.07. The lowest BCUT2D eigenvalue weighted by Crippen LogP contribution is -2.36. The van der Waals surface area contributed by atoms with Crippen molar-refractivity contribution >= 4 is 11.6 Å². The van der Waals surface area contributed by atoms with Gasteiger partial charge in [0.25, 0.3) is 11.8 Å². The molecule has 0 spiro atoms. The van der Waals surface area contributed by atoms with Crippen molar-refractivity contribution in [2.45, 2.75) is 12.5 Å². The number of fused-ring (bicyclic) bond motifs is 1. The maximum atomic E-state index is 14.5. The Hall–Kier alpha value is -2.47. The van der Waals surface area contributed by atoms with E-state index in [0.717, 1.165) is 0 Å². The Kier molecular flexibility index (Phi) is 2.91. The number of amides is 1. The highest BCUT2D eigenvalue weighted by Crippen LogP contribution is 2.42. The van der Waals surface area contributed by atoms with E-state index >= 15 is 0 Å². The number of aromatic nitrogens is 1. The molecular weight excluding hydrogens is 275 g/mol. The highest BCUT2D eigenvalue weighted by molar-refractivity contribution is 6.07. The average molecular weight is 288 g/mol. The fourth-order valence-corrected chi connectivity index (χ4v) is 2.54. The molecule has 1 unspecified atom stereocenters. The molecule has 6 heteroatoms. The van der Waals surface area contributed by atoms with Crippen LogP contribution in [-0.2, 0) is 10.4 Å². The summed E-state index contributed by atoms with van der Waals surface area (Å²) >= 11 is 0. The Bertz CT molecular complexity index is 748. The number of anilines is 1. The number of halogens is 1. The lowest BCUT2D eigenvalue weighted by Gasteiger charge is -2.22. The van der Waals surface area contributed by atoms with Gasteiger partial charge in [0.15, 0.2) is 11.4 Å².